The van der Waals surface area contributed by atoms with Crippen molar-refractivity contribution in [2.45, 2.75) is 58.9 Å². The summed E-state index contributed by atoms with van der Waals surface area (Å²) < 4.78 is 20.9. The molecule has 2 aromatic carbocycles. The van der Waals surface area contributed by atoms with Crippen LogP contribution in [0.3, 0.4) is 0 Å². The summed E-state index contributed by atoms with van der Waals surface area (Å²) in [5.41, 5.74) is 1.60. The number of esters is 2. The average molecular weight is 751 g/mol. The van der Waals surface area contributed by atoms with Crippen molar-refractivity contribution in [3.8, 4) is 17.1 Å². The number of benzene rings is 2. The number of nitrogens with zero attached hydrogens (tertiary/aromatic N) is 2. The Morgan fingerprint density at radius 3 is 2.20 bits per heavy atom. The molecule has 0 unspecified atom stereocenters. The summed E-state index contributed by atoms with van der Waals surface area (Å²) >= 11 is 0. The van der Waals surface area contributed by atoms with Crippen molar-refractivity contribution in [2.75, 3.05) is 47.2 Å². The molecule has 15 nitrogen and oxygen atoms in total. The maximum atomic E-state index is 13.6. The van der Waals surface area contributed by atoms with Gasteiger partial charge in [0, 0.05) is 5.56 Å². The van der Waals surface area contributed by atoms with Crippen LogP contribution in [0.15, 0.2) is 65.1 Å². The summed E-state index contributed by atoms with van der Waals surface area (Å²) in [4.78, 5) is 82.8. The van der Waals surface area contributed by atoms with Crippen molar-refractivity contribution in [1.29, 1.82) is 0 Å². The van der Waals surface area contributed by atoms with Crippen LogP contribution in [0.4, 0.5) is 0 Å². The number of furan rings is 1. The molecule has 2 N–H and O–H groups in total. The molecule has 2 atom stereocenters. The number of amides is 4. The molecular weight excluding hydrogens is 700 g/mol. The molecule has 1 heterocycles. The summed E-state index contributed by atoms with van der Waals surface area (Å²) in [7, 11) is 2.33. The van der Waals surface area contributed by atoms with E-state index >= 15 is 0 Å². The quantitative estimate of drug-likeness (QED) is 0.0467. The van der Waals surface area contributed by atoms with Crippen LogP contribution in [0.5, 0.6) is 5.75 Å². The van der Waals surface area contributed by atoms with E-state index in [0.717, 1.165) is 23.3 Å². The highest BCUT2D eigenvalue weighted by atomic mass is 16.7. The van der Waals surface area contributed by atoms with Crippen molar-refractivity contribution in [1.82, 2.24) is 20.6 Å². The van der Waals surface area contributed by atoms with Gasteiger partial charge in [-0.25, -0.2) is 5.06 Å². The van der Waals surface area contributed by atoms with Crippen molar-refractivity contribution < 1.29 is 52.2 Å². The van der Waals surface area contributed by atoms with E-state index in [1.54, 1.807) is 25.1 Å². The molecule has 3 rings (SSSR count). The standard InChI is InChI=1S/C39H50N4O11/c1-6-9-21-53-43(26-44)31(7-2)29(17-15-27-13-11-10-12-14-27)37(47)40-25-41-38(48)33-20-19-32(54-33)28-16-18-30(34(22-28)52-8-3)39(49)42(23-35(45)50-4)24-36(46)51-5/h10-14,16,18-20,22,26,29,31H,6-9,15,17,21,23-25H2,1-5H3,(H,40,47)(H,41,48)/t29-,31-/m1/s1. The number of hydroxylamine groups is 2. The van der Waals surface area contributed by atoms with Gasteiger partial charge in [0.2, 0.25) is 12.3 Å². The van der Waals surface area contributed by atoms with Gasteiger partial charge in [-0.05, 0) is 62.4 Å². The Bertz CT molecular complexity index is 1680. The number of carbonyl (C=O) groups excluding carboxylic acids is 6. The van der Waals surface area contributed by atoms with Crippen LogP contribution in [0.1, 0.15) is 72.9 Å². The fourth-order valence-electron chi connectivity index (χ4n) is 5.61. The fraction of sp³-hybridized carbons (Fsp3) is 0.436. The van der Waals surface area contributed by atoms with Gasteiger partial charge in [0.05, 0.1) is 51.6 Å². The van der Waals surface area contributed by atoms with E-state index in [2.05, 4.69) is 20.1 Å². The molecule has 1 aromatic heterocycles. The molecule has 292 valence electrons. The Kier molecular flexibility index (Phi) is 17.7. The Morgan fingerprint density at radius 2 is 1.59 bits per heavy atom. The van der Waals surface area contributed by atoms with E-state index < -0.39 is 48.8 Å². The van der Waals surface area contributed by atoms with E-state index in [-0.39, 0.29) is 42.0 Å². The van der Waals surface area contributed by atoms with Crippen LogP contribution >= 0.6 is 0 Å². The van der Waals surface area contributed by atoms with Gasteiger partial charge in [0.25, 0.3) is 11.8 Å². The third-order valence-electron chi connectivity index (χ3n) is 8.50. The molecule has 3 aromatic rings. The zero-order chi connectivity index (χ0) is 39.5. The molecule has 0 radical (unpaired) electrons. The summed E-state index contributed by atoms with van der Waals surface area (Å²) in [6.07, 6.45) is 3.76. The van der Waals surface area contributed by atoms with E-state index in [1.165, 1.54) is 31.4 Å². The Balaban J connectivity index is 1.73. The second-order valence-corrected chi connectivity index (χ2v) is 12.1. The Morgan fingerprint density at radius 1 is 0.889 bits per heavy atom. The molecule has 0 saturated carbocycles. The minimum Gasteiger partial charge on any atom is -0.493 e. The summed E-state index contributed by atoms with van der Waals surface area (Å²) in [5.74, 6) is -3.29. The van der Waals surface area contributed by atoms with Gasteiger partial charge in [-0.1, -0.05) is 56.7 Å². The van der Waals surface area contributed by atoms with Gasteiger partial charge in [-0.2, -0.15) is 0 Å². The molecule has 0 aliphatic carbocycles. The molecule has 0 fully saturated rings. The second kappa shape index (κ2) is 22.4. The van der Waals surface area contributed by atoms with Crippen molar-refractivity contribution >= 4 is 36.1 Å². The lowest BCUT2D eigenvalue weighted by Gasteiger charge is -2.32. The van der Waals surface area contributed by atoms with Crippen LogP contribution in [-0.2, 0) is 39.9 Å². The first-order valence-corrected chi connectivity index (χ1v) is 17.9. The molecule has 0 saturated heterocycles. The summed E-state index contributed by atoms with van der Waals surface area (Å²) in [6, 6.07) is 16.8. The van der Waals surface area contributed by atoms with Gasteiger partial charge in [-0.3, -0.25) is 33.6 Å². The lowest BCUT2D eigenvalue weighted by Crippen LogP contribution is -2.48. The van der Waals surface area contributed by atoms with Gasteiger partial charge in [0.15, 0.2) is 5.76 Å². The lowest BCUT2D eigenvalue weighted by atomic mass is 9.90. The number of unbranched alkanes of at least 4 members (excludes halogenated alkanes) is 1. The van der Waals surface area contributed by atoms with Gasteiger partial charge < -0.3 is 34.2 Å². The van der Waals surface area contributed by atoms with Crippen molar-refractivity contribution in [3.05, 3.63) is 77.6 Å². The number of ether oxygens (including phenoxy) is 3. The van der Waals surface area contributed by atoms with Crippen LogP contribution in [0.2, 0.25) is 0 Å². The number of nitrogens with one attached hydrogen (secondary N) is 2. The highest BCUT2D eigenvalue weighted by Crippen LogP contribution is 2.30. The van der Waals surface area contributed by atoms with E-state index in [1.807, 2.05) is 44.2 Å². The predicted octanol–water partition coefficient (Wildman–Crippen LogP) is 4.15. The molecule has 0 bridgehead atoms. The predicted molar refractivity (Wildman–Crippen MR) is 197 cm³/mol. The zero-order valence-corrected chi connectivity index (χ0v) is 31.5. The minimum absolute atomic E-state index is 0.0387. The number of carbonyl (C=O) groups is 6. The topological polar surface area (TPSA) is 183 Å². The van der Waals surface area contributed by atoms with Crippen molar-refractivity contribution in [2.24, 2.45) is 5.92 Å². The first-order valence-electron chi connectivity index (χ1n) is 17.9. The van der Waals surface area contributed by atoms with E-state index in [0.29, 0.717) is 37.8 Å². The number of aryl methyl sites for hydroxylation is 1. The molecule has 0 spiro atoms. The van der Waals surface area contributed by atoms with Crippen molar-refractivity contribution in [3.63, 3.8) is 0 Å². The number of hydrogen-bond acceptors (Lipinski definition) is 11. The third kappa shape index (κ3) is 12.5. The van der Waals surface area contributed by atoms with Crippen LogP contribution in [-0.4, -0.2) is 99.3 Å². The SMILES string of the molecule is CCCCON(C=O)[C@H](CC)[C@@H](CCc1ccccc1)C(=O)NCNC(=O)c1ccc(-c2ccc(C(=O)N(CC(=O)OC)CC(=O)OC)c(OCC)c2)o1. The van der Waals surface area contributed by atoms with Crippen LogP contribution < -0.4 is 15.4 Å². The molecular formula is C39H50N4O11. The maximum absolute atomic E-state index is 13.6. The highest BCUT2D eigenvalue weighted by molar-refractivity contribution is 6.00. The second-order valence-electron chi connectivity index (χ2n) is 12.1. The average Bonchev–Trinajstić information content (AvgIpc) is 3.69. The van der Waals surface area contributed by atoms with Gasteiger partial charge >= 0.3 is 11.9 Å². The van der Waals surface area contributed by atoms with E-state index in [4.69, 9.17) is 14.0 Å². The molecule has 54 heavy (non-hydrogen) atoms. The summed E-state index contributed by atoms with van der Waals surface area (Å²) in [6.45, 7) is 4.98. The number of methoxy groups -OCH3 is 2. The molecule has 0 aliphatic heterocycles. The van der Waals surface area contributed by atoms with Gasteiger partial charge in [0.1, 0.15) is 24.6 Å². The smallest absolute Gasteiger partial charge is 0.325 e. The Labute approximate surface area is 315 Å². The minimum atomic E-state index is -0.729. The lowest BCUT2D eigenvalue weighted by molar-refractivity contribution is -0.195. The highest BCUT2D eigenvalue weighted by Gasteiger charge is 2.32. The van der Waals surface area contributed by atoms with Gasteiger partial charge in [-0.15, -0.1) is 0 Å². The third-order valence-corrected chi connectivity index (χ3v) is 8.50. The normalized spacial score (nSPS) is 11.8. The molecule has 15 heteroatoms. The fourth-order valence-corrected chi connectivity index (χ4v) is 5.61. The monoisotopic (exact) mass is 750 g/mol. The van der Waals surface area contributed by atoms with Crippen LogP contribution in [0, 0.1) is 5.92 Å². The number of hydrogen-bond donors (Lipinski definition) is 2. The first-order chi connectivity index (χ1) is 26.1. The summed E-state index contributed by atoms with van der Waals surface area (Å²) in [5, 5.41) is 6.65. The Hall–Kier alpha value is -5.70. The number of rotatable bonds is 23. The van der Waals surface area contributed by atoms with Crippen LogP contribution in [0.25, 0.3) is 11.3 Å². The molecule has 0 aliphatic rings. The largest absolute Gasteiger partial charge is 0.493 e. The maximum Gasteiger partial charge on any atom is 0.325 e. The zero-order valence-electron chi connectivity index (χ0n) is 31.5. The molecule has 4 amide bonds. The van der Waals surface area contributed by atoms with E-state index in [9.17, 15) is 28.8 Å². The first kappa shape index (κ1) is 42.7.